The molecule has 1 fully saturated rings. The lowest BCUT2D eigenvalue weighted by atomic mass is 9.91. The van der Waals surface area contributed by atoms with E-state index in [2.05, 4.69) is 4.98 Å². The van der Waals surface area contributed by atoms with E-state index in [1.807, 2.05) is 6.92 Å². The van der Waals surface area contributed by atoms with E-state index in [1.54, 1.807) is 23.1 Å². The molecule has 1 N–H and O–H groups in total. The van der Waals surface area contributed by atoms with Crippen LogP contribution in [0.25, 0.3) is 10.9 Å². The third-order valence-electron chi connectivity index (χ3n) is 4.76. The molecule has 0 radical (unpaired) electrons. The molecule has 1 saturated heterocycles. The molecule has 3 rings (SSSR count). The van der Waals surface area contributed by atoms with Crippen LogP contribution in [0.1, 0.15) is 32.6 Å². The standard InChI is InChI=1S/C18H22ClN3O3/c1-2-3-16(23)21-8-6-18(25,7-9-21)11-22-12-20-15-10-13(19)4-5-14(15)17(22)24/h4-5,10,12,25H,2-3,6-9,11H2,1H3. The number of benzene rings is 1. The molecule has 0 atom stereocenters. The smallest absolute Gasteiger partial charge is 0.261 e. The number of fused-ring (bicyclic) bond motifs is 1. The van der Waals surface area contributed by atoms with Gasteiger partial charge in [-0.2, -0.15) is 0 Å². The lowest BCUT2D eigenvalue weighted by Crippen LogP contribution is -2.49. The maximum atomic E-state index is 12.6. The summed E-state index contributed by atoms with van der Waals surface area (Å²) in [6.45, 7) is 3.18. The van der Waals surface area contributed by atoms with Crippen LogP contribution >= 0.6 is 11.6 Å². The molecule has 7 heteroatoms. The van der Waals surface area contributed by atoms with Gasteiger partial charge in [-0.1, -0.05) is 18.5 Å². The van der Waals surface area contributed by atoms with Crippen molar-refractivity contribution >= 4 is 28.4 Å². The summed E-state index contributed by atoms with van der Waals surface area (Å²) in [4.78, 5) is 30.6. The monoisotopic (exact) mass is 363 g/mol. The van der Waals surface area contributed by atoms with Crippen LogP contribution < -0.4 is 5.56 Å². The summed E-state index contributed by atoms with van der Waals surface area (Å²) in [6.07, 6.45) is 3.71. The number of amides is 1. The van der Waals surface area contributed by atoms with Gasteiger partial charge in [0.25, 0.3) is 5.56 Å². The number of rotatable bonds is 4. The summed E-state index contributed by atoms with van der Waals surface area (Å²) in [5.74, 6) is 0.131. The molecular weight excluding hydrogens is 342 g/mol. The van der Waals surface area contributed by atoms with E-state index in [0.29, 0.717) is 48.3 Å². The second-order valence-corrected chi connectivity index (χ2v) is 7.13. The van der Waals surface area contributed by atoms with Crippen molar-refractivity contribution < 1.29 is 9.90 Å². The molecule has 25 heavy (non-hydrogen) atoms. The minimum Gasteiger partial charge on any atom is -0.388 e. The molecule has 6 nitrogen and oxygen atoms in total. The highest BCUT2D eigenvalue weighted by atomic mass is 35.5. The normalized spacial score (nSPS) is 17.0. The summed E-state index contributed by atoms with van der Waals surface area (Å²) in [5, 5.41) is 11.9. The zero-order valence-corrected chi connectivity index (χ0v) is 15.0. The molecule has 134 valence electrons. The lowest BCUT2D eigenvalue weighted by Gasteiger charge is -2.38. The van der Waals surface area contributed by atoms with Gasteiger partial charge in [-0.25, -0.2) is 4.98 Å². The molecule has 1 amide bonds. The van der Waals surface area contributed by atoms with Crippen molar-refractivity contribution in [2.45, 2.75) is 44.8 Å². The number of aliphatic hydroxyl groups is 1. The number of nitrogens with zero attached hydrogens (tertiary/aromatic N) is 3. The Morgan fingerprint density at radius 3 is 2.76 bits per heavy atom. The van der Waals surface area contributed by atoms with E-state index in [9.17, 15) is 14.7 Å². The largest absolute Gasteiger partial charge is 0.388 e. The first-order valence-corrected chi connectivity index (χ1v) is 8.94. The van der Waals surface area contributed by atoms with Gasteiger partial charge in [-0.15, -0.1) is 0 Å². The number of halogens is 1. The molecule has 2 aromatic rings. The van der Waals surface area contributed by atoms with Gasteiger partial charge in [0.05, 0.1) is 29.4 Å². The van der Waals surface area contributed by atoms with E-state index in [0.717, 1.165) is 6.42 Å². The second kappa shape index (κ2) is 7.14. The van der Waals surface area contributed by atoms with Crippen LogP contribution in [0.15, 0.2) is 29.3 Å². The number of piperidine rings is 1. The zero-order chi connectivity index (χ0) is 18.0. The van der Waals surface area contributed by atoms with Crippen molar-refractivity contribution in [1.29, 1.82) is 0 Å². The van der Waals surface area contributed by atoms with Crippen LogP contribution in [-0.2, 0) is 11.3 Å². The predicted octanol–water partition coefficient (Wildman–Crippen LogP) is 2.20. The fraction of sp³-hybridized carbons (Fsp3) is 0.500. The quantitative estimate of drug-likeness (QED) is 0.903. The Kier molecular flexibility index (Phi) is 5.11. The summed E-state index contributed by atoms with van der Waals surface area (Å²) >= 11 is 5.93. The highest BCUT2D eigenvalue weighted by molar-refractivity contribution is 6.31. The summed E-state index contributed by atoms with van der Waals surface area (Å²) in [5.41, 5.74) is -0.658. The Balaban J connectivity index is 1.75. The Labute approximate surface area is 151 Å². The third-order valence-corrected chi connectivity index (χ3v) is 5.00. The van der Waals surface area contributed by atoms with Crippen LogP contribution in [0.2, 0.25) is 5.02 Å². The van der Waals surface area contributed by atoms with Crippen LogP contribution in [0.3, 0.4) is 0 Å². The van der Waals surface area contributed by atoms with Gasteiger partial charge in [0, 0.05) is 24.5 Å². The average molecular weight is 364 g/mol. The SMILES string of the molecule is CCCC(=O)N1CCC(O)(Cn2cnc3cc(Cl)ccc3c2=O)CC1. The number of hydrogen-bond acceptors (Lipinski definition) is 4. The highest BCUT2D eigenvalue weighted by Crippen LogP contribution is 2.24. The Morgan fingerprint density at radius 1 is 1.36 bits per heavy atom. The van der Waals surface area contributed by atoms with Gasteiger partial charge in [0.2, 0.25) is 5.91 Å². The molecule has 1 aromatic carbocycles. The maximum absolute atomic E-state index is 12.6. The molecule has 1 aliphatic rings. The van der Waals surface area contributed by atoms with Gasteiger partial charge >= 0.3 is 0 Å². The summed E-state index contributed by atoms with van der Waals surface area (Å²) in [6, 6.07) is 4.96. The van der Waals surface area contributed by atoms with Gasteiger partial charge in [0.15, 0.2) is 0 Å². The summed E-state index contributed by atoms with van der Waals surface area (Å²) < 4.78 is 1.44. The van der Waals surface area contributed by atoms with Crippen molar-refractivity contribution in [3.8, 4) is 0 Å². The van der Waals surface area contributed by atoms with Gasteiger partial charge in [-0.3, -0.25) is 14.2 Å². The van der Waals surface area contributed by atoms with Gasteiger partial charge in [-0.05, 0) is 37.5 Å². The number of carbonyl (C=O) groups excluding carboxylic acids is 1. The summed E-state index contributed by atoms with van der Waals surface area (Å²) in [7, 11) is 0. The van der Waals surface area contributed by atoms with Gasteiger partial charge in [0.1, 0.15) is 0 Å². The fourth-order valence-corrected chi connectivity index (χ4v) is 3.43. The molecule has 1 aromatic heterocycles. The lowest BCUT2D eigenvalue weighted by molar-refractivity contribution is -0.135. The zero-order valence-electron chi connectivity index (χ0n) is 14.2. The molecule has 0 saturated carbocycles. The molecule has 0 unspecified atom stereocenters. The molecule has 1 aliphatic heterocycles. The first kappa shape index (κ1) is 17.9. The average Bonchev–Trinajstić information content (AvgIpc) is 2.58. The van der Waals surface area contributed by atoms with E-state index >= 15 is 0 Å². The number of aromatic nitrogens is 2. The molecule has 0 spiro atoms. The van der Waals surface area contributed by atoms with Crippen LogP contribution in [0.5, 0.6) is 0 Å². The minimum absolute atomic E-state index is 0.131. The first-order valence-electron chi connectivity index (χ1n) is 8.57. The van der Waals surface area contributed by atoms with E-state index < -0.39 is 5.60 Å². The van der Waals surface area contributed by atoms with Crippen molar-refractivity contribution in [3.05, 3.63) is 39.9 Å². The van der Waals surface area contributed by atoms with Crippen molar-refractivity contribution in [1.82, 2.24) is 14.5 Å². The van der Waals surface area contributed by atoms with E-state index in [-0.39, 0.29) is 18.0 Å². The Hall–Kier alpha value is -1.92. The van der Waals surface area contributed by atoms with Crippen molar-refractivity contribution in [2.75, 3.05) is 13.1 Å². The fourth-order valence-electron chi connectivity index (χ4n) is 3.26. The van der Waals surface area contributed by atoms with Gasteiger partial charge < -0.3 is 10.0 Å². The van der Waals surface area contributed by atoms with E-state index in [4.69, 9.17) is 11.6 Å². The van der Waals surface area contributed by atoms with Crippen molar-refractivity contribution in [3.63, 3.8) is 0 Å². The number of likely N-dealkylation sites (tertiary alicyclic amines) is 1. The van der Waals surface area contributed by atoms with Crippen LogP contribution in [0, 0.1) is 0 Å². The van der Waals surface area contributed by atoms with Crippen LogP contribution in [-0.4, -0.2) is 44.2 Å². The first-order chi connectivity index (χ1) is 11.9. The Bertz CT molecular complexity index is 841. The Morgan fingerprint density at radius 2 is 2.08 bits per heavy atom. The third kappa shape index (κ3) is 3.85. The highest BCUT2D eigenvalue weighted by Gasteiger charge is 2.34. The minimum atomic E-state index is -1.01. The second-order valence-electron chi connectivity index (χ2n) is 6.69. The molecular formula is C18H22ClN3O3. The number of carbonyl (C=O) groups is 1. The molecule has 0 aliphatic carbocycles. The maximum Gasteiger partial charge on any atom is 0.261 e. The number of hydrogen-bond donors (Lipinski definition) is 1. The predicted molar refractivity (Wildman–Crippen MR) is 96.7 cm³/mol. The molecule has 0 bridgehead atoms. The van der Waals surface area contributed by atoms with E-state index in [1.165, 1.54) is 10.9 Å². The topological polar surface area (TPSA) is 75.4 Å². The van der Waals surface area contributed by atoms with Crippen molar-refractivity contribution in [2.24, 2.45) is 0 Å². The van der Waals surface area contributed by atoms with Crippen LogP contribution in [0.4, 0.5) is 0 Å². The molecule has 2 heterocycles.